The number of benzene rings is 6. The lowest BCUT2D eigenvalue weighted by atomic mass is 10.2. The lowest BCUT2D eigenvalue weighted by Gasteiger charge is -1.99. The zero-order valence-corrected chi connectivity index (χ0v) is 55.5. The zero-order valence-electron chi connectivity index (χ0n) is 55.5. The van der Waals surface area contributed by atoms with Crippen LogP contribution in [0.25, 0.3) is 66.1 Å². The van der Waals surface area contributed by atoms with E-state index in [-0.39, 0.29) is 0 Å². The Balaban J connectivity index is 0.000000474. The van der Waals surface area contributed by atoms with E-state index in [0.29, 0.717) is 0 Å². The first-order valence-electron chi connectivity index (χ1n) is 29.5. The third kappa shape index (κ3) is 19.1. The smallest absolute Gasteiger partial charge is 0.116 e. The second-order valence-electron chi connectivity index (χ2n) is 17.9. The fourth-order valence-electron chi connectivity index (χ4n) is 8.31. The number of hydrogen-bond donors (Lipinski definition) is 0. The van der Waals surface area contributed by atoms with Crippen molar-refractivity contribution >= 4 is 66.1 Å². The maximum absolute atomic E-state index is 4.48. The molecule has 6 aromatic heterocycles. The van der Waals surface area contributed by atoms with Crippen LogP contribution in [-0.2, 0) is 35.2 Å². The normalized spacial score (nSPS) is 9.65. The molecule has 6 aromatic carbocycles. The third-order valence-electron chi connectivity index (χ3n) is 12.9. The van der Waals surface area contributed by atoms with Crippen molar-refractivity contribution in [3.05, 3.63) is 185 Å². The summed E-state index contributed by atoms with van der Waals surface area (Å²) >= 11 is 0. The predicted octanol–water partition coefficient (Wildman–Crippen LogP) is 18.7. The van der Waals surface area contributed by atoms with Gasteiger partial charge in [0, 0.05) is 46.3 Å². The number of imidazole rings is 5. The van der Waals surface area contributed by atoms with Gasteiger partial charge < -0.3 is 22.8 Å². The Morgan fingerprint density at radius 3 is 1.26 bits per heavy atom. The monoisotopic (exact) mass is 1110 g/mol. The molecule has 0 fully saturated rings. The molecule has 12 aromatic rings. The van der Waals surface area contributed by atoms with Gasteiger partial charge in [0.1, 0.15) is 35.4 Å². The fraction of sp³-hybridized carbons (Fsp3) is 0.386. The first-order chi connectivity index (χ1) is 39.4. The Kier molecular flexibility index (Phi) is 32.6. The molecule has 0 aliphatic heterocycles. The molecule has 0 aliphatic rings. The van der Waals surface area contributed by atoms with Crippen molar-refractivity contribution in [3.8, 4) is 0 Å². The number of para-hydroxylation sites is 5. The topological polar surface area (TPSA) is 115 Å². The minimum atomic E-state index is 1.01. The van der Waals surface area contributed by atoms with Crippen molar-refractivity contribution in [2.75, 3.05) is 0 Å². The molecule has 12 heteroatoms. The number of aryl methyl sites for hydroxylation is 15. The number of aromatic nitrogens is 12. The molecular weight excluding hydrogens is 1010 g/mol. The van der Waals surface area contributed by atoms with Crippen LogP contribution >= 0.6 is 0 Å². The molecule has 0 saturated heterocycles. The average molecular weight is 1110 g/mol. The van der Waals surface area contributed by atoms with Crippen LogP contribution < -0.4 is 0 Å². The van der Waals surface area contributed by atoms with Gasteiger partial charge >= 0.3 is 0 Å². The quantitative estimate of drug-likeness (QED) is 0.149. The van der Waals surface area contributed by atoms with E-state index in [9.17, 15) is 0 Å². The van der Waals surface area contributed by atoms with E-state index in [1.165, 1.54) is 49.8 Å². The highest BCUT2D eigenvalue weighted by molar-refractivity contribution is 5.82. The van der Waals surface area contributed by atoms with Crippen LogP contribution in [0.1, 0.15) is 140 Å². The third-order valence-corrected chi connectivity index (χ3v) is 12.9. The summed E-state index contributed by atoms with van der Waals surface area (Å²) in [5.41, 5.74) is 18.7. The summed E-state index contributed by atoms with van der Waals surface area (Å²) in [7, 11) is 10.2. The molecule has 82 heavy (non-hydrogen) atoms. The molecule has 0 unspecified atom stereocenters. The Hall–Kier alpha value is -7.99. The highest BCUT2D eigenvalue weighted by Gasteiger charge is 2.07. The minimum absolute atomic E-state index is 1.01. The van der Waals surface area contributed by atoms with E-state index in [2.05, 4.69) is 165 Å². The summed E-state index contributed by atoms with van der Waals surface area (Å²) < 4.78 is 10.6. The molecule has 12 rings (SSSR count). The Labute approximate surface area is 493 Å². The van der Waals surface area contributed by atoms with Crippen LogP contribution in [0.5, 0.6) is 0 Å². The number of hydrogen-bond acceptors (Lipinski definition) is 7. The number of fused-ring (bicyclic) bond motifs is 6. The lowest BCUT2D eigenvalue weighted by molar-refractivity contribution is 0.883. The van der Waals surface area contributed by atoms with Crippen molar-refractivity contribution in [1.82, 2.24) is 57.7 Å². The van der Waals surface area contributed by atoms with Gasteiger partial charge in [-0.25, -0.2) is 34.9 Å². The minimum Gasteiger partial charge on any atom is -0.331 e. The van der Waals surface area contributed by atoms with Gasteiger partial charge in [0.15, 0.2) is 0 Å². The zero-order chi connectivity index (χ0) is 62.4. The van der Waals surface area contributed by atoms with E-state index >= 15 is 0 Å². The molecule has 0 atom stereocenters. The summed E-state index contributed by atoms with van der Waals surface area (Å²) in [6, 6.07) is 41.3. The van der Waals surface area contributed by atoms with Gasteiger partial charge in [-0.3, -0.25) is 0 Å². The van der Waals surface area contributed by atoms with Gasteiger partial charge in [0.2, 0.25) is 0 Å². The van der Waals surface area contributed by atoms with Crippen LogP contribution in [-0.4, -0.2) is 57.7 Å². The highest BCUT2D eigenvalue weighted by atomic mass is 15.1. The van der Waals surface area contributed by atoms with Gasteiger partial charge in [0.05, 0.1) is 60.7 Å². The van der Waals surface area contributed by atoms with E-state index < -0.39 is 0 Å². The molecule has 0 amide bonds. The van der Waals surface area contributed by atoms with Gasteiger partial charge in [-0.05, 0) is 146 Å². The Bertz CT molecular complexity index is 3740. The lowest BCUT2D eigenvalue weighted by Crippen LogP contribution is -1.91. The van der Waals surface area contributed by atoms with Crippen LogP contribution in [0.4, 0.5) is 0 Å². The van der Waals surface area contributed by atoms with Crippen molar-refractivity contribution in [3.63, 3.8) is 0 Å². The molecule has 6 heterocycles. The molecular formula is C70H102N12. The van der Waals surface area contributed by atoms with Crippen molar-refractivity contribution in [2.24, 2.45) is 35.2 Å². The van der Waals surface area contributed by atoms with Crippen molar-refractivity contribution in [1.29, 1.82) is 0 Å². The van der Waals surface area contributed by atoms with E-state index in [0.717, 1.165) is 73.3 Å². The van der Waals surface area contributed by atoms with Gasteiger partial charge in [0.25, 0.3) is 0 Å². The molecule has 0 spiro atoms. The summed E-state index contributed by atoms with van der Waals surface area (Å²) in [6.45, 7) is 44.5. The number of rotatable bonds is 0. The molecule has 0 N–H and O–H groups in total. The summed E-state index contributed by atoms with van der Waals surface area (Å²) in [5, 5.41) is 1.13. The van der Waals surface area contributed by atoms with Gasteiger partial charge in [-0.2, -0.15) is 0 Å². The maximum Gasteiger partial charge on any atom is 0.116 e. The fourth-order valence-corrected chi connectivity index (χ4v) is 8.31. The molecule has 0 aliphatic carbocycles. The summed E-state index contributed by atoms with van der Waals surface area (Å²) in [4.78, 5) is 30.4. The van der Waals surface area contributed by atoms with E-state index in [1.54, 1.807) is 6.33 Å². The molecule has 0 bridgehead atoms. The van der Waals surface area contributed by atoms with Crippen molar-refractivity contribution < 1.29 is 0 Å². The molecule has 0 saturated carbocycles. The average Bonchev–Trinajstić information content (AvgIpc) is 4.30. The SMILES string of the molecule is CC.CC.CC.CC.CC.CC.Cc1ccc2c(c1)nc(C)n2C.Cc1ccc2nc(C)n(C)c2c1.Cc1cccc2c1nc(C)n2C.Cc1cccc2nc(C)n(C)c12.Cc1nc2ccccc2n1C.Cc1ncnc2ccccc12. The van der Waals surface area contributed by atoms with Gasteiger partial charge in [-0.1, -0.05) is 150 Å². The first-order valence-corrected chi connectivity index (χ1v) is 29.5. The summed E-state index contributed by atoms with van der Waals surface area (Å²) in [6.07, 6.45) is 1.59. The molecule has 442 valence electrons. The van der Waals surface area contributed by atoms with Gasteiger partial charge in [-0.15, -0.1) is 0 Å². The second kappa shape index (κ2) is 37.1. The Morgan fingerprint density at radius 1 is 0.293 bits per heavy atom. The van der Waals surface area contributed by atoms with Crippen LogP contribution in [0, 0.1) is 69.2 Å². The maximum atomic E-state index is 4.48. The molecule has 12 nitrogen and oxygen atoms in total. The van der Waals surface area contributed by atoms with E-state index in [1.807, 2.05) is 201 Å². The molecule has 0 radical (unpaired) electrons. The predicted molar refractivity (Wildman–Crippen MR) is 359 cm³/mol. The Morgan fingerprint density at radius 2 is 0.695 bits per heavy atom. The summed E-state index contributed by atoms with van der Waals surface area (Å²) in [5.74, 6) is 5.33. The second-order valence-corrected chi connectivity index (χ2v) is 17.9. The van der Waals surface area contributed by atoms with Crippen LogP contribution in [0.2, 0.25) is 0 Å². The standard InChI is InChI=1S/4C10H12N2.C9H10N2.C9H8N2.6C2H6/c1-7-4-5-10-9(6-7)11-8(2)12(10)3;1-7-4-5-9-10(6-7)12(3)8(2)11-9;1-7-5-4-6-9-10(7)11-8(2)12(9)3;1-7-5-4-6-9-10(7)12(3)8(2)11-9;1-7-10-8-5-3-4-6-9(8)11(7)2;1-7-8-4-2-3-5-9(8)11-6-10-7;6*1-2/h4*4-6H,1-3H3;3-6H,1-2H3;2-6H,1H3;6*1-2H3. The first kappa shape index (κ1) is 72.0. The van der Waals surface area contributed by atoms with Crippen LogP contribution in [0.15, 0.2) is 128 Å². The largest absolute Gasteiger partial charge is 0.331 e. The van der Waals surface area contributed by atoms with E-state index in [4.69, 9.17) is 0 Å². The number of nitrogens with zero attached hydrogens (tertiary/aromatic N) is 12. The van der Waals surface area contributed by atoms with Crippen molar-refractivity contribution in [2.45, 2.75) is 152 Å². The highest BCUT2D eigenvalue weighted by Crippen LogP contribution is 2.20. The van der Waals surface area contributed by atoms with Crippen LogP contribution in [0.3, 0.4) is 0 Å².